The van der Waals surface area contributed by atoms with E-state index in [1.54, 1.807) is 27.7 Å². The van der Waals surface area contributed by atoms with Crippen LogP contribution in [-0.2, 0) is 16.6 Å². The van der Waals surface area contributed by atoms with Gasteiger partial charge in [-0.2, -0.15) is 10.2 Å². The van der Waals surface area contributed by atoms with Crippen LogP contribution in [0.4, 0.5) is 5.69 Å². The second-order valence-corrected chi connectivity index (χ2v) is 10.4. The van der Waals surface area contributed by atoms with E-state index in [-0.39, 0.29) is 23.6 Å². The van der Waals surface area contributed by atoms with Crippen molar-refractivity contribution in [3.8, 4) is 10.4 Å². The minimum atomic E-state index is -0.273. The average molecular weight is 493 g/mol. The number of aryl methyl sites for hydroxylation is 1. The van der Waals surface area contributed by atoms with Crippen LogP contribution in [0.3, 0.4) is 0 Å². The molecule has 1 amide bonds. The number of pyridine rings is 2. The van der Waals surface area contributed by atoms with Crippen molar-refractivity contribution in [3.05, 3.63) is 41.2 Å². The lowest BCUT2D eigenvalue weighted by atomic mass is 10.1. The summed E-state index contributed by atoms with van der Waals surface area (Å²) < 4.78 is 9.16. The number of rotatable bonds is 4. The first-order valence-electron chi connectivity index (χ1n) is 11.2. The topological polar surface area (TPSA) is 122 Å². The number of carbonyl (C=O) groups excluding carboxylic acids is 1. The highest BCUT2D eigenvalue weighted by molar-refractivity contribution is 7.21. The molecular formula is C23H24N8O3S. The van der Waals surface area contributed by atoms with Gasteiger partial charge in [0.1, 0.15) is 21.3 Å². The quantitative estimate of drug-likeness (QED) is 0.394. The monoisotopic (exact) mass is 492 g/mol. The summed E-state index contributed by atoms with van der Waals surface area (Å²) in [5.41, 5.74) is 2.59. The number of aromatic nitrogens is 6. The summed E-state index contributed by atoms with van der Waals surface area (Å²) >= 11 is 1.48. The number of hydrogen-bond acceptors (Lipinski definition) is 8. The number of amides is 1. The molecule has 35 heavy (non-hydrogen) atoms. The first-order valence-corrected chi connectivity index (χ1v) is 12.1. The number of nitrogens with zero attached hydrogens (tertiary/aromatic N) is 6. The van der Waals surface area contributed by atoms with Crippen LogP contribution in [0.15, 0.2) is 35.6 Å². The number of ether oxygens (including phenoxy) is 1. The summed E-state index contributed by atoms with van der Waals surface area (Å²) in [6.45, 7) is 6.28. The predicted molar refractivity (Wildman–Crippen MR) is 134 cm³/mol. The van der Waals surface area contributed by atoms with Crippen LogP contribution in [0.25, 0.3) is 37.2 Å². The van der Waals surface area contributed by atoms with Gasteiger partial charge in [-0.15, -0.1) is 11.3 Å². The molecule has 0 saturated carbocycles. The van der Waals surface area contributed by atoms with E-state index in [2.05, 4.69) is 30.4 Å². The lowest BCUT2D eigenvalue weighted by Gasteiger charge is -2.37. The summed E-state index contributed by atoms with van der Waals surface area (Å²) in [6, 6.07) is 1.72. The van der Waals surface area contributed by atoms with E-state index in [1.165, 1.54) is 11.3 Å². The lowest BCUT2D eigenvalue weighted by Crippen LogP contribution is -2.50. The lowest BCUT2D eigenvalue weighted by molar-refractivity contribution is -0.122. The van der Waals surface area contributed by atoms with Gasteiger partial charge in [0.2, 0.25) is 5.91 Å². The van der Waals surface area contributed by atoms with E-state index in [0.717, 1.165) is 15.3 Å². The second kappa shape index (κ2) is 7.97. The van der Waals surface area contributed by atoms with Crippen molar-refractivity contribution in [2.75, 3.05) is 31.6 Å². The predicted octanol–water partition coefficient (Wildman–Crippen LogP) is 2.24. The van der Waals surface area contributed by atoms with Crippen molar-refractivity contribution in [1.82, 2.24) is 34.3 Å². The third kappa shape index (κ3) is 3.99. The number of H-pyrrole nitrogens is 1. The highest BCUT2D eigenvalue weighted by atomic mass is 32.1. The van der Waals surface area contributed by atoms with Gasteiger partial charge in [0, 0.05) is 38.1 Å². The Morgan fingerprint density at radius 3 is 2.91 bits per heavy atom. The fourth-order valence-electron chi connectivity index (χ4n) is 4.55. The number of fused-ring (bicyclic) bond motifs is 5. The van der Waals surface area contributed by atoms with Crippen LogP contribution in [0.5, 0.6) is 0 Å². The molecule has 0 radical (unpaired) electrons. The molecule has 0 aromatic carbocycles. The molecule has 6 rings (SSSR count). The number of anilines is 1. The number of carbonyl (C=O) groups is 1. The molecule has 0 bridgehead atoms. The molecule has 0 spiro atoms. The smallest absolute Gasteiger partial charge is 0.261 e. The Morgan fingerprint density at radius 2 is 2.14 bits per heavy atom. The number of morpholine rings is 1. The van der Waals surface area contributed by atoms with Crippen LogP contribution in [-0.4, -0.2) is 72.0 Å². The van der Waals surface area contributed by atoms with Crippen molar-refractivity contribution in [3.63, 3.8) is 0 Å². The van der Waals surface area contributed by atoms with Gasteiger partial charge in [0.05, 0.1) is 47.2 Å². The van der Waals surface area contributed by atoms with E-state index in [9.17, 15) is 9.59 Å². The molecule has 0 atom stereocenters. The molecule has 5 aromatic rings. The zero-order valence-corrected chi connectivity index (χ0v) is 20.3. The number of aromatic amines is 1. The third-order valence-corrected chi connectivity index (χ3v) is 7.19. The van der Waals surface area contributed by atoms with E-state index in [4.69, 9.17) is 4.74 Å². The summed E-state index contributed by atoms with van der Waals surface area (Å²) in [5.74, 6) is -0.141. The van der Waals surface area contributed by atoms with Gasteiger partial charge in [-0.3, -0.25) is 24.2 Å². The molecule has 12 heteroatoms. The Labute approximate surface area is 203 Å². The molecule has 180 valence electrons. The summed E-state index contributed by atoms with van der Waals surface area (Å²) in [4.78, 5) is 36.9. The molecule has 11 nitrogen and oxygen atoms in total. The standard InChI is InChI=1S/C23H24N8O3S/c1-23(2)12-30(4-5-34-23)11-17(32)26-14-6-15-19(24-8-14)20-18(21(33)27-15)22-31(28-20)10-16(35-22)13-7-25-29(3)9-13/h6-10H,4-5,11-12H2,1-3H3,(H,26,32)(H,27,33). The van der Waals surface area contributed by atoms with Gasteiger partial charge < -0.3 is 15.0 Å². The fraction of sp³-hybridized carbons (Fsp3) is 0.348. The van der Waals surface area contributed by atoms with E-state index in [0.29, 0.717) is 47.3 Å². The van der Waals surface area contributed by atoms with E-state index < -0.39 is 0 Å². The Hall–Kier alpha value is -3.61. The average Bonchev–Trinajstić information content (AvgIpc) is 3.47. The minimum absolute atomic E-state index is 0.141. The third-order valence-electron chi connectivity index (χ3n) is 6.04. The molecule has 1 aliphatic rings. The largest absolute Gasteiger partial charge is 0.373 e. The van der Waals surface area contributed by atoms with Gasteiger partial charge in [0.25, 0.3) is 5.56 Å². The molecular weight excluding hydrogens is 468 g/mol. The second-order valence-electron chi connectivity index (χ2n) is 9.41. The van der Waals surface area contributed by atoms with Crippen LogP contribution in [0.1, 0.15) is 13.8 Å². The van der Waals surface area contributed by atoms with Crippen molar-refractivity contribution < 1.29 is 9.53 Å². The molecule has 0 unspecified atom stereocenters. The van der Waals surface area contributed by atoms with Crippen molar-refractivity contribution >= 4 is 49.7 Å². The Balaban J connectivity index is 1.30. The number of hydrogen-bond donors (Lipinski definition) is 2. The maximum absolute atomic E-state index is 13.0. The van der Waals surface area contributed by atoms with Crippen LogP contribution < -0.4 is 10.9 Å². The van der Waals surface area contributed by atoms with Crippen LogP contribution in [0.2, 0.25) is 0 Å². The Kier molecular flexibility index (Phi) is 4.99. The van der Waals surface area contributed by atoms with Crippen molar-refractivity contribution in [1.29, 1.82) is 0 Å². The molecule has 2 N–H and O–H groups in total. The van der Waals surface area contributed by atoms with Gasteiger partial charge in [0.15, 0.2) is 0 Å². The van der Waals surface area contributed by atoms with Gasteiger partial charge >= 0.3 is 0 Å². The maximum Gasteiger partial charge on any atom is 0.261 e. The first kappa shape index (κ1) is 21.9. The molecule has 1 aliphatic heterocycles. The van der Waals surface area contributed by atoms with Gasteiger partial charge in [-0.25, -0.2) is 4.52 Å². The summed E-state index contributed by atoms with van der Waals surface area (Å²) in [5, 5.41) is 12.2. The van der Waals surface area contributed by atoms with Crippen LogP contribution >= 0.6 is 11.3 Å². The maximum atomic E-state index is 13.0. The first-order chi connectivity index (χ1) is 16.8. The van der Waals surface area contributed by atoms with Crippen molar-refractivity contribution in [2.24, 2.45) is 7.05 Å². The Morgan fingerprint density at radius 1 is 1.29 bits per heavy atom. The van der Waals surface area contributed by atoms with Gasteiger partial charge in [-0.1, -0.05) is 0 Å². The number of nitrogens with one attached hydrogen (secondary N) is 2. The normalized spacial score (nSPS) is 16.4. The van der Waals surface area contributed by atoms with Crippen LogP contribution in [0, 0.1) is 0 Å². The highest BCUT2D eigenvalue weighted by Crippen LogP contribution is 2.33. The van der Waals surface area contributed by atoms with Crippen molar-refractivity contribution in [2.45, 2.75) is 19.4 Å². The zero-order valence-electron chi connectivity index (χ0n) is 19.5. The van der Waals surface area contributed by atoms with Gasteiger partial charge in [-0.05, 0) is 19.9 Å². The van der Waals surface area contributed by atoms with E-state index in [1.807, 2.05) is 33.3 Å². The zero-order chi connectivity index (χ0) is 24.3. The molecule has 5 aromatic heterocycles. The fourth-order valence-corrected chi connectivity index (χ4v) is 5.62. The SMILES string of the molecule is Cn1cc(-c2cn3nc4c5ncc(NC(=O)CN6CCOC(C)(C)C6)cc5[nH]c(=O)c4c3s2)cn1. The van der Waals surface area contributed by atoms with E-state index >= 15 is 0 Å². The Bertz CT molecular complexity index is 1660. The minimum Gasteiger partial charge on any atom is -0.373 e. The molecule has 0 aliphatic carbocycles. The summed E-state index contributed by atoms with van der Waals surface area (Å²) in [6.07, 6.45) is 7.19. The molecule has 6 heterocycles. The molecule has 1 saturated heterocycles. The molecule has 1 fully saturated rings. The summed E-state index contributed by atoms with van der Waals surface area (Å²) in [7, 11) is 1.86. The number of thiazole rings is 1. The highest BCUT2D eigenvalue weighted by Gasteiger charge is 2.28.